The van der Waals surface area contributed by atoms with Gasteiger partial charge in [-0.1, -0.05) is 6.07 Å². The highest BCUT2D eigenvalue weighted by molar-refractivity contribution is 6.01. The van der Waals surface area contributed by atoms with Gasteiger partial charge in [-0.05, 0) is 36.4 Å². The number of carbonyl (C=O) groups excluding carboxylic acids is 1. The molecule has 1 amide bonds. The van der Waals surface area contributed by atoms with Crippen molar-refractivity contribution in [1.82, 2.24) is 10.2 Å². The molecule has 0 unspecified atom stereocenters. The summed E-state index contributed by atoms with van der Waals surface area (Å²) < 4.78 is 0. The lowest BCUT2D eigenvalue weighted by atomic mass is 10.1. The number of hydrogen-bond donors (Lipinski definition) is 1. The van der Waals surface area contributed by atoms with E-state index in [0.717, 1.165) is 34.6 Å². The van der Waals surface area contributed by atoms with E-state index < -0.39 is 0 Å². The third kappa shape index (κ3) is 2.16. The number of likely N-dealkylation sites (N-methyl/N-ethyl adjacent to an activating group) is 1. The molecular formula is C15H16N4O. The van der Waals surface area contributed by atoms with Crippen LogP contribution in [0.5, 0.6) is 0 Å². The number of benzene rings is 1. The number of aromatic nitrogens is 2. The van der Waals surface area contributed by atoms with E-state index in [1.54, 1.807) is 11.9 Å². The molecule has 0 atom stereocenters. The van der Waals surface area contributed by atoms with E-state index in [0.29, 0.717) is 13.0 Å². The Kier molecular flexibility index (Phi) is 3.20. The van der Waals surface area contributed by atoms with E-state index >= 15 is 0 Å². The summed E-state index contributed by atoms with van der Waals surface area (Å²) in [5.41, 5.74) is 10.2. The van der Waals surface area contributed by atoms with Crippen LogP contribution in [0.25, 0.3) is 11.3 Å². The molecule has 0 fully saturated rings. The van der Waals surface area contributed by atoms with E-state index in [4.69, 9.17) is 5.73 Å². The molecule has 0 aliphatic carbocycles. The summed E-state index contributed by atoms with van der Waals surface area (Å²) in [7, 11) is 1.80. The Morgan fingerprint density at radius 1 is 1.25 bits per heavy atom. The van der Waals surface area contributed by atoms with E-state index in [1.807, 2.05) is 30.3 Å². The average Bonchev–Trinajstić information content (AvgIpc) is 2.75. The van der Waals surface area contributed by atoms with Crippen LogP contribution in [0.4, 0.5) is 5.69 Å². The summed E-state index contributed by atoms with van der Waals surface area (Å²) in [6.45, 7) is 0.571. The van der Waals surface area contributed by atoms with Crippen LogP contribution >= 0.6 is 0 Å². The summed E-state index contributed by atoms with van der Waals surface area (Å²) in [6, 6.07) is 9.84. The molecule has 1 aromatic heterocycles. The lowest BCUT2D eigenvalue weighted by Gasteiger charge is -2.10. The standard InChI is InChI=1S/C15H16N4O/c1-19-14-5-2-10(8-11(14)9-15(19)20)13-4-3-12(6-7-16)17-18-13/h2-5,8H,6-7,9,16H2,1H3. The predicted molar refractivity (Wildman–Crippen MR) is 77.3 cm³/mol. The SMILES string of the molecule is CN1C(=O)Cc2cc(-c3ccc(CCN)nn3)ccc21. The van der Waals surface area contributed by atoms with Gasteiger partial charge in [0.2, 0.25) is 5.91 Å². The number of anilines is 1. The second-order valence-electron chi connectivity index (χ2n) is 4.92. The van der Waals surface area contributed by atoms with Gasteiger partial charge >= 0.3 is 0 Å². The summed E-state index contributed by atoms with van der Waals surface area (Å²) in [6.07, 6.45) is 1.19. The second kappa shape index (κ2) is 5.02. The Morgan fingerprint density at radius 2 is 2.10 bits per heavy atom. The van der Waals surface area contributed by atoms with Crippen molar-refractivity contribution in [2.45, 2.75) is 12.8 Å². The topological polar surface area (TPSA) is 72.1 Å². The van der Waals surface area contributed by atoms with Crippen LogP contribution < -0.4 is 10.6 Å². The van der Waals surface area contributed by atoms with E-state index in [1.165, 1.54) is 0 Å². The maximum absolute atomic E-state index is 11.7. The average molecular weight is 268 g/mol. The number of nitrogens with two attached hydrogens (primary N) is 1. The van der Waals surface area contributed by atoms with Gasteiger partial charge in [-0.25, -0.2) is 0 Å². The van der Waals surface area contributed by atoms with Gasteiger partial charge in [0, 0.05) is 24.7 Å². The van der Waals surface area contributed by atoms with Gasteiger partial charge in [-0.3, -0.25) is 4.79 Å². The molecule has 102 valence electrons. The highest BCUT2D eigenvalue weighted by Crippen LogP contribution is 2.31. The fourth-order valence-corrected chi connectivity index (χ4v) is 2.42. The van der Waals surface area contributed by atoms with Crippen LogP contribution in [0.2, 0.25) is 0 Å². The quantitative estimate of drug-likeness (QED) is 0.906. The number of carbonyl (C=O) groups is 1. The zero-order chi connectivity index (χ0) is 14.1. The zero-order valence-electron chi connectivity index (χ0n) is 11.3. The number of hydrogen-bond acceptors (Lipinski definition) is 4. The van der Waals surface area contributed by atoms with Crippen molar-refractivity contribution in [2.24, 2.45) is 5.73 Å². The van der Waals surface area contributed by atoms with Crippen LogP contribution in [0, 0.1) is 0 Å². The van der Waals surface area contributed by atoms with Crippen molar-refractivity contribution >= 4 is 11.6 Å². The number of rotatable bonds is 3. The molecule has 2 N–H and O–H groups in total. The molecule has 2 aromatic rings. The molecule has 1 aliphatic rings. The Balaban J connectivity index is 1.92. The summed E-state index contributed by atoms with van der Waals surface area (Å²) in [4.78, 5) is 13.4. The van der Waals surface area contributed by atoms with Gasteiger partial charge in [-0.15, -0.1) is 0 Å². The van der Waals surface area contributed by atoms with Crippen molar-refractivity contribution < 1.29 is 4.79 Å². The molecule has 2 heterocycles. The monoisotopic (exact) mass is 268 g/mol. The first-order chi connectivity index (χ1) is 9.69. The van der Waals surface area contributed by atoms with Gasteiger partial charge in [0.1, 0.15) is 0 Å². The largest absolute Gasteiger partial charge is 0.330 e. The molecular weight excluding hydrogens is 252 g/mol. The summed E-state index contributed by atoms with van der Waals surface area (Å²) in [5.74, 6) is 0.126. The molecule has 5 heteroatoms. The molecule has 0 saturated carbocycles. The third-order valence-electron chi connectivity index (χ3n) is 3.57. The van der Waals surface area contributed by atoms with E-state index in [-0.39, 0.29) is 5.91 Å². The van der Waals surface area contributed by atoms with E-state index in [9.17, 15) is 4.79 Å². The summed E-state index contributed by atoms with van der Waals surface area (Å²) >= 11 is 0. The number of fused-ring (bicyclic) bond motifs is 1. The van der Waals surface area contributed by atoms with Crippen molar-refractivity contribution in [3.63, 3.8) is 0 Å². The molecule has 0 bridgehead atoms. The lowest BCUT2D eigenvalue weighted by molar-refractivity contribution is -0.117. The minimum atomic E-state index is 0.126. The maximum atomic E-state index is 11.7. The first-order valence-electron chi connectivity index (χ1n) is 6.61. The first-order valence-corrected chi connectivity index (χ1v) is 6.61. The second-order valence-corrected chi connectivity index (χ2v) is 4.92. The van der Waals surface area contributed by atoms with Crippen LogP contribution in [-0.2, 0) is 17.6 Å². The molecule has 5 nitrogen and oxygen atoms in total. The van der Waals surface area contributed by atoms with Gasteiger partial charge in [0.15, 0.2) is 0 Å². The van der Waals surface area contributed by atoms with Gasteiger partial charge in [-0.2, -0.15) is 10.2 Å². The van der Waals surface area contributed by atoms with Crippen LogP contribution in [-0.4, -0.2) is 29.7 Å². The fourth-order valence-electron chi connectivity index (χ4n) is 2.42. The zero-order valence-corrected chi connectivity index (χ0v) is 11.3. The Bertz CT molecular complexity index is 651. The first kappa shape index (κ1) is 12.7. The van der Waals surface area contributed by atoms with Crippen molar-refractivity contribution in [3.8, 4) is 11.3 Å². The van der Waals surface area contributed by atoms with Crippen LogP contribution in [0.3, 0.4) is 0 Å². The lowest BCUT2D eigenvalue weighted by Crippen LogP contribution is -2.20. The molecule has 0 radical (unpaired) electrons. The molecule has 20 heavy (non-hydrogen) atoms. The molecule has 0 spiro atoms. The minimum Gasteiger partial charge on any atom is -0.330 e. The third-order valence-corrected chi connectivity index (χ3v) is 3.57. The number of nitrogens with zero attached hydrogens (tertiary/aromatic N) is 3. The minimum absolute atomic E-state index is 0.126. The molecule has 0 saturated heterocycles. The highest BCUT2D eigenvalue weighted by Gasteiger charge is 2.24. The fraction of sp³-hybridized carbons (Fsp3) is 0.267. The van der Waals surface area contributed by atoms with Crippen molar-refractivity contribution in [2.75, 3.05) is 18.5 Å². The molecule has 3 rings (SSSR count). The Labute approximate surface area is 117 Å². The smallest absolute Gasteiger partial charge is 0.231 e. The Hall–Kier alpha value is -2.27. The van der Waals surface area contributed by atoms with Gasteiger partial charge in [0.25, 0.3) is 0 Å². The van der Waals surface area contributed by atoms with Gasteiger partial charge in [0.05, 0.1) is 17.8 Å². The normalized spacial score (nSPS) is 13.7. The van der Waals surface area contributed by atoms with Crippen molar-refractivity contribution in [1.29, 1.82) is 0 Å². The Morgan fingerprint density at radius 3 is 2.80 bits per heavy atom. The van der Waals surface area contributed by atoms with Crippen LogP contribution in [0.15, 0.2) is 30.3 Å². The maximum Gasteiger partial charge on any atom is 0.231 e. The van der Waals surface area contributed by atoms with Crippen LogP contribution in [0.1, 0.15) is 11.3 Å². The number of amides is 1. The highest BCUT2D eigenvalue weighted by atomic mass is 16.2. The predicted octanol–water partition coefficient (Wildman–Crippen LogP) is 1.16. The molecule has 1 aliphatic heterocycles. The van der Waals surface area contributed by atoms with Gasteiger partial charge < -0.3 is 10.6 Å². The van der Waals surface area contributed by atoms with Crippen molar-refractivity contribution in [3.05, 3.63) is 41.6 Å². The molecule has 1 aromatic carbocycles. The van der Waals surface area contributed by atoms with E-state index in [2.05, 4.69) is 10.2 Å². The summed E-state index contributed by atoms with van der Waals surface area (Å²) in [5, 5.41) is 8.39.